The average molecular weight is 294 g/mol. The number of nitrogens with zero attached hydrogens (tertiary/aromatic N) is 1. The summed E-state index contributed by atoms with van der Waals surface area (Å²) in [5.74, 6) is -1.07. The predicted molar refractivity (Wildman–Crippen MR) is 73.3 cm³/mol. The Morgan fingerprint density at radius 1 is 1.24 bits per heavy atom. The first kappa shape index (κ1) is 14.7. The standard InChI is InChI=1S/C14H12F2N2O3/c1-21-12-5-9(4-11(7-12)18(19)20)8-17-14-3-2-10(15)6-13(14)16/h2-7,17H,8H2,1H3. The summed E-state index contributed by atoms with van der Waals surface area (Å²) in [5, 5.41) is 13.6. The Labute approximate surface area is 119 Å². The molecular weight excluding hydrogens is 282 g/mol. The van der Waals surface area contributed by atoms with Crippen molar-refractivity contribution in [1.29, 1.82) is 0 Å². The molecule has 0 aromatic heterocycles. The highest BCUT2D eigenvalue weighted by atomic mass is 19.1. The van der Waals surface area contributed by atoms with E-state index in [9.17, 15) is 18.9 Å². The molecule has 2 aromatic rings. The first-order valence-corrected chi connectivity index (χ1v) is 6.01. The van der Waals surface area contributed by atoms with Gasteiger partial charge in [-0.3, -0.25) is 10.1 Å². The number of hydrogen-bond acceptors (Lipinski definition) is 4. The van der Waals surface area contributed by atoms with Crippen LogP contribution in [0.15, 0.2) is 36.4 Å². The number of benzene rings is 2. The molecule has 0 atom stereocenters. The van der Waals surface area contributed by atoms with Gasteiger partial charge in [0.1, 0.15) is 17.4 Å². The summed E-state index contributed by atoms with van der Waals surface area (Å²) in [7, 11) is 1.40. The molecule has 0 unspecified atom stereocenters. The maximum Gasteiger partial charge on any atom is 0.273 e. The van der Waals surface area contributed by atoms with E-state index in [2.05, 4.69) is 5.32 Å². The normalized spacial score (nSPS) is 10.2. The maximum atomic E-state index is 13.5. The van der Waals surface area contributed by atoms with Crippen LogP contribution in [0.25, 0.3) is 0 Å². The summed E-state index contributed by atoms with van der Waals surface area (Å²) in [6.45, 7) is 0.139. The quantitative estimate of drug-likeness (QED) is 0.677. The number of nitro groups is 1. The van der Waals surface area contributed by atoms with Crippen LogP contribution in [0.1, 0.15) is 5.56 Å². The van der Waals surface area contributed by atoms with Gasteiger partial charge in [0.2, 0.25) is 0 Å². The van der Waals surface area contributed by atoms with Gasteiger partial charge in [0.25, 0.3) is 5.69 Å². The minimum atomic E-state index is -0.729. The van der Waals surface area contributed by atoms with Crippen LogP contribution in [0.4, 0.5) is 20.2 Å². The number of non-ortho nitro benzene ring substituents is 1. The average Bonchev–Trinajstić information content (AvgIpc) is 2.46. The third-order valence-corrected chi connectivity index (χ3v) is 2.81. The molecule has 0 aliphatic rings. The number of ether oxygens (including phenoxy) is 1. The van der Waals surface area contributed by atoms with Gasteiger partial charge in [-0.2, -0.15) is 0 Å². The van der Waals surface area contributed by atoms with Crippen LogP contribution in [-0.2, 0) is 6.54 Å². The Morgan fingerprint density at radius 2 is 2.00 bits per heavy atom. The lowest BCUT2D eigenvalue weighted by molar-refractivity contribution is -0.385. The van der Waals surface area contributed by atoms with Crippen molar-refractivity contribution in [3.8, 4) is 5.75 Å². The van der Waals surface area contributed by atoms with Crippen LogP contribution < -0.4 is 10.1 Å². The third-order valence-electron chi connectivity index (χ3n) is 2.81. The van der Waals surface area contributed by atoms with Gasteiger partial charge in [0.05, 0.1) is 23.8 Å². The fourth-order valence-electron chi connectivity index (χ4n) is 1.80. The molecule has 0 heterocycles. The monoisotopic (exact) mass is 294 g/mol. The number of nitro benzene ring substituents is 1. The second kappa shape index (κ2) is 6.17. The molecule has 110 valence electrons. The number of nitrogens with one attached hydrogen (secondary N) is 1. The second-order valence-corrected chi connectivity index (χ2v) is 4.27. The summed E-state index contributed by atoms with van der Waals surface area (Å²) in [5.41, 5.74) is 0.539. The van der Waals surface area contributed by atoms with Gasteiger partial charge < -0.3 is 10.1 Å². The third kappa shape index (κ3) is 3.65. The Hall–Kier alpha value is -2.70. The van der Waals surface area contributed by atoms with Crippen molar-refractivity contribution >= 4 is 11.4 Å². The van der Waals surface area contributed by atoms with Crippen LogP contribution in [0.2, 0.25) is 0 Å². The Morgan fingerprint density at radius 3 is 2.62 bits per heavy atom. The van der Waals surface area contributed by atoms with Gasteiger partial charge in [-0.15, -0.1) is 0 Å². The molecular formula is C14H12F2N2O3. The van der Waals surface area contributed by atoms with E-state index in [0.717, 1.165) is 12.1 Å². The molecule has 0 spiro atoms. The zero-order chi connectivity index (χ0) is 15.4. The van der Waals surface area contributed by atoms with Crippen molar-refractivity contribution in [2.75, 3.05) is 12.4 Å². The molecule has 0 fully saturated rings. The van der Waals surface area contributed by atoms with Crippen LogP contribution in [0.3, 0.4) is 0 Å². The van der Waals surface area contributed by atoms with E-state index in [1.807, 2.05) is 0 Å². The summed E-state index contributed by atoms with van der Waals surface area (Å²) in [4.78, 5) is 10.3. The van der Waals surface area contributed by atoms with Crippen LogP contribution in [0.5, 0.6) is 5.75 Å². The van der Waals surface area contributed by atoms with Crippen molar-refractivity contribution in [2.24, 2.45) is 0 Å². The Bertz CT molecular complexity index is 677. The Kier molecular flexibility index (Phi) is 4.32. The van der Waals surface area contributed by atoms with E-state index in [0.29, 0.717) is 11.3 Å². The lowest BCUT2D eigenvalue weighted by Gasteiger charge is -2.09. The molecule has 0 saturated heterocycles. The van der Waals surface area contributed by atoms with E-state index in [1.54, 1.807) is 6.07 Å². The highest BCUT2D eigenvalue weighted by Crippen LogP contribution is 2.24. The molecule has 21 heavy (non-hydrogen) atoms. The summed E-state index contributed by atoms with van der Waals surface area (Å²) >= 11 is 0. The molecule has 0 aliphatic heterocycles. The fraction of sp³-hybridized carbons (Fsp3) is 0.143. The topological polar surface area (TPSA) is 64.4 Å². The first-order chi connectivity index (χ1) is 9.99. The molecule has 7 heteroatoms. The minimum absolute atomic E-state index is 0.113. The summed E-state index contributed by atoms with van der Waals surface area (Å²) < 4.78 is 31.2. The van der Waals surface area contributed by atoms with Gasteiger partial charge in [-0.25, -0.2) is 8.78 Å². The van der Waals surface area contributed by atoms with Crippen LogP contribution >= 0.6 is 0 Å². The van der Waals surface area contributed by atoms with E-state index in [1.165, 1.54) is 25.3 Å². The zero-order valence-electron chi connectivity index (χ0n) is 11.1. The number of hydrogen-bond donors (Lipinski definition) is 1. The highest BCUT2D eigenvalue weighted by molar-refractivity contribution is 5.48. The van der Waals surface area contributed by atoms with Gasteiger partial charge in [-0.05, 0) is 23.8 Å². The van der Waals surface area contributed by atoms with Gasteiger partial charge >= 0.3 is 0 Å². The van der Waals surface area contributed by atoms with Crippen molar-refractivity contribution in [1.82, 2.24) is 0 Å². The number of anilines is 1. The van der Waals surface area contributed by atoms with Gasteiger partial charge in [0, 0.05) is 18.7 Å². The molecule has 2 aromatic carbocycles. The van der Waals surface area contributed by atoms with Crippen molar-refractivity contribution in [3.63, 3.8) is 0 Å². The van der Waals surface area contributed by atoms with E-state index < -0.39 is 16.6 Å². The van der Waals surface area contributed by atoms with Crippen molar-refractivity contribution in [3.05, 3.63) is 63.7 Å². The minimum Gasteiger partial charge on any atom is -0.496 e. The van der Waals surface area contributed by atoms with E-state index in [4.69, 9.17) is 4.74 Å². The molecule has 0 amide bonds. The SMILES string of the molecule is COc1cc(CNc2ccc(F)cc2F)cc([N+](=O)[O-])c1. The molecule has 5 nitrogen and oxygen atoms in total. The van der Waals surface area contributed by atoms with Crippen molar-refractivity contribution in [2.45, 2.75) is 6.54 Å². The van der Waals surface area contributed by atoms with E-state index >= 15 is 0 Å². The van der Waals surface area contributed by atoms with Gasteiger partial charge in [0.15, 0.2) is 0 Å². The lowest BCUT2D eigenvalue weighted by atomic mass is 10.2. The molecule has 0 radical (unpaired) electrons. The molecule has 0 saturated carbocycles. The number of methoxy groups -OCH3 is 1. The van der Waals surface area contributed by atoms with Gasteiger partial charge in [-0.1, -0.05) is 0 Å². The number of rotatable bonds is 5. The summed E-state index contributed by atoms with van der Waals surface area (Å²) in [6, 6.07) is 7.40. The first-order valence-electron chi connectivity index (χ1n) is 6.01. The smallest absolute Gasteiger partial charge is 0.273 e. The highest BCUT2D eigenvalue weighted by Gasteiger charge is 2.11. The molecule has 1 N–H and O–H groups in total. The van der Waals surface area contributed by atoms with Crippen LogP contribution in [0, 0.1) is 21.7 Å². The van der Waals surface area contributed by atoms with Crippen molar-refractivity contribution < 1.29 is 18.4 Å². The molecule has 0 aliphatic carbocycles. The van der Waals surface area contributed by atoms with E-state index in [-0.39, 0.29) is 17.9 Å². The second-order valence-electron chi connectivity index (χ2n) is 4.27. The fourth-order valence-corrected chi connectivity index (χ4v) is 1.80. The van der Waals surface area contributed by atoms with Crippen LogP contribution in [-0.4, -0.2) is 12.0 Å². The maximum absolute atomic E-state index is 13.5. The largest absolute Gasteiger partial charge is 0.496 e. The number of halogens is 2. The Balaban J connectivity index is 2.19. The summed E-state index contributed by atoms with van der Waals surface area (Å²) in [6.07, 6.45) is 0. The lowest BCUT2D eigenvalue weighted by Crippen LogP contribution is -2.03. The predicted octanol–water partition coefficient (Wildman–Crippen LogP) is 3.49. The molecule has 2 rings (SSSR count). The zero-order valence-corrected chi connectivity index (χ0v) is 11.1. The molecule has 0 bridgehead atoms.